The molecule has 0 aliphatic heterocycles. The fourth-order valence-electron chi connectivity index (χ4n) is 1.74. The summed E-state index contributed by atoms with van der Waals surface area (Å²) in [7, 11) is 2.90. The quantitative estimate of drug-likeness (QED) is 0.792. The maximum absolute atomic E-state index is 14.0. The van der Waals surface area contributed by atoms with Crippen molar-refractivity contribution in [2.24, 2.45) is 0 Å². The van der Waals surface area contributed by atoms with Crippen LogP contribution < -0.4 is 9.47 Å². The Bertz CT molecular complexity index is 591. The molecular formula is C15H13FO3. The molecule has 0 saturated carbocycles. The second-order valence-electron chi connectivity index (χ2n) is 3.88. The van der Waals surface area contributed by atoms with Crippen LogP contribution in [0.1, 0.15) is 15.9 Å². The maximum Gasteiger partial charge on any atom is 0.196 e. The van der Waals surface area contributed by atoms with Gasteiger partial charge < -0.3 is 9.47 Å². The lowest BCUT2D eigenvalue weighted by atomic mass is 10.0. The summed E-state index contributed by atoms with van der Waals surface area (Å²) >= 11 is 0. The lowest BCUT2D eigenvalue weighted by Gasteiger charge is -2.07. The van der Waals surface area contributed by atoms with Crippen LogP contribution in [0.25, 0.3) is 0 Å². The van der Waals surface area contributed by atoms with Crippen molar-refractivity contribution in [3.05, 3.63) is 59.4 Å². The molecule has 0 amide bonds. The van der Waals surface area contributed by atoms with Crippen LogP contribution in [0.5, 0.6) is 11.5 Å². The first-order valence-corrected chi connectivity index (χ1v) is 5.68. The summed E-state index contributed by atoms with van der Waals surface area (Å²) in [5.74, 6) is -0.341. The number of benzene rings is 2. The molecule has 0 bridgehead atoms. The molecule has 3 nitrogen and oxygen atoms in total. The van der Waals surface area contributed by atoms with Gasteiger partial charge in [0.1, 0.15) is 5.75 Å². The Morgan fingerprint density at radius 2 is 1.68 bits per heavy atom. The Morgan fingerprint density at radius 3 is 2.26 bits per heavy atom. The smallest absolute Gasteiger partial charge is 0.196 e. The van der Waals surface area contributed by atoms with Crippen LogP contribution in [0.2, 0.25) is 0 Å². The van der Waals surface area contributed by atoms with Crippen molar-refractivity contribution in [1.82, 2.24) is 0 Å². The van der Waals surface area contributed by atoms with Gasteiger partial charge in [0.25, 0.3) is 0 Å². The van der Waals surface area contributed by atoms with Crippen LogP contribution in [0, 0.1) is 5.82 Å². The lowest BCUT2D eigenvalue weighted by molar-refractivity contribution is 0.103. The highest BCUT2D eigenvalue weighted by atomic mass is 19.1. The average Bonchev–Trinajstić information content (AvgIpc) is 2.47. The molecule has 0 atom stereocenters. The van der Waals surface area contributed by atoms with E-state index in [0.717, 1.165) is 0 Å². The zero-order chi connectivity index (χ0) is 13.8. The molecule has 0 unspecified atom stereocenters. The summed E-state index contributed by atoms with van der Waals surface area (Å²) in [6, 6.07) is 11.0. The topological polar surface area (TPSA) is 35.5 Å². The van der Waals surface area contributed by atoms with Crippen molar-refractivity contribution in [2.45, 2.75) is 0 Å². The largest absolute Gasteiger partial charge is 0.497 e. The molecule has 2 rings (SSSR count). The van der Waals surface area contributed by atoms with E-state index in [1.165, 1.54) is 19.2 Å². The van der Waals surface area contributed by atoms with E-state index in [1.807, 2.05) is 0 Å². The Morgan fingerprint density at radius 1 is 1.00 bits per heavy atom. The summed E-state index contributed by atoms with van der Waals surface area (Å²) in [6.45, 7) is 0. The van der Waals surface area contributed by atoms with Gasteiger partial charge in [-0.3, -0.25) is 4.79 Å². The maximum atomic E-state index is 14.0. The van der Waals surface area contributed by atoms with Crippen molar-refractivity contribution >= 4 is 5.78 Å². The van der Waals surface area contributed by atoms with Gasteiger partial charge in [-0.15, -0.1) is 0 Å². The predicted molar refractivity (Wildman–Crippen MR) is 69.4 cm³/mol. The number of carbonyl (C=O) groups is 1. The second kappa shape index (κ2) is 5.52. The van der Waals surface area contributed by atoms with E-state index >= 15 is 0 Å². The summed E-state index contributed by atoms with van der Waals surface area (Å²) in [4.78, 5) is 12.2. The minimum Gasteiger partial charge on any atom is -0.497 e. The highest BCUT2D eigenvalue weighted by molar-refractivity contribution is 6.09. The molecule has 0 saturated heterocycles. The number of methoxy groups -OCH3 is 2. The van der Waals surface area contributed by atoms with E-state index in [4.69, 9.17) is 9.47 Å². The standard InChI is InChI=1S/C15H13FO3/c1-18-11-8-6-10(7-9-11)15(17)12-4-3-5-13(19-2)14(12)16/h3-9H,1-2H3. The first kappa shape index (κ1) is 13.1. The van der Waals surface area contributed by atoms with Gasteiger partial charge in [0, 0.05) is 5.56 Å². The highest BCUT2D eigenvalue weighted by Crippen LogP contribution is 2.23. The molecule has 0 aliphatic rings. The number of rotatable bonds is 4. The molecule has 2 aromatic rings. The van der Waals surface area contributed by atoms with E-state index in [9.17, 15) is 9.18 Å². The molecule has 19 heavy (non-hydrogen) atoms. The molecule has 0 radical (unpaired) electrons. The molecule has 0 fully saturated rings. The summed E-state index contributed by atoms with van der Waals surface area (Å²) in [5, 5.41) is 0. The lowest BCUT2D eigenvalue weighted by Crippen LogP contribution is -2.05. The Balaban J connectivity index is 2.38. The van der Waals surface area contributed by atoms with Crippen LogP contribution in [-0.4, -0.2) is 20.0 Å². The van der Waals surface area contributed by atoms with Crippen LogP contribution in [0.3, 0.4) is 0 Å². The molecule has 2 aromatic carbocycles. The number of carbonyl (C=O) groups excluding carboxylic acids is 1. The Hall–Kier alpha value is -2.36. The molecule has 0 spiro atoms. The third-order valence-corrected chi connectivity index (χ3v) is 2.78. The summed E-state index contributed by atoms with van der Waals surface area (Å²) < 4.78 is 23.9. The van der Waals surface area contributed by atoms with Crippen LogP contribution in [0.4, 0.5) is 4.39 Å². The van der Waals surface area contributed by atoms with Crippen molar-refractivity contribution in [3.8, 4) is 11.5 Å². The normalized spacial score (nSPS) is 10.1. The van der Waals surface area contributed by atoms with Gasteiger partial charge in [-0.2, -0.15) is 0 Å². The van der Waals surface area contributed by atoms with Gasteiger partial charge in [-0.25, -0.2) is 4.39 Å². The van der Waals surface area contributed by atoms with E-state index < -0.39 is 5.82 Å². The third-order valence-electron chi connectivity index (χ3n) is 2.78. The summed E-state index contributed by atoms with van der Waals surface area (Å²) in [6.07, 6.45) is 0. The first-order chi connectivity index (χ1) is 9.17. The minimum absolute atomic E-state index is 0.00971. The molecule has 0 aromatic heterocycles. The monoisotopic (exact) mass is 260 g/mol. The van der Waals surface area contributed by atoms with Gasteiger partial charge in [0.2, 0.25) is 0 Å². The van der Waals surface area contributed by atoms with Crippen LogP contribution in [0.15, 0.2) is 42.5 Å². The zero-order valence-corrected chi connectivity index (χ0v) is 10.6. The van der Waals surface area contributed by atoms with E-state index in [0.29, 0.717) is 11.3 Å². The number of ether oxygens (including phenoxy) is 2. The van der Waals surface area contributed by atoms with E-state index in [1.54, 1.807) is 37.4 Å². The van der Waals surface area contributed by atoms with Crippen molar-refractivity contribution < 1.29 is 18.7 Å². The minimum atomic E-state index is -0.647. The van der Waals surface area contributed by atoms with E-state index in [-0.39, 0.29) is 17.1 Å². The molecule has 98 valence electrons. The fourth-order valence-corrected chi connectivity index (χ4v) is 1.74. The Kier molecular flexibility index (Phi) is 3.80. The number of ketones is 1. The number of halogens is 1. The first-order valence-electron chi connectivity index (χ1n) is 5.68. The van der Waals surface area contributed by atoms with Gasteiger partial charge in [0.05, 0.1) is 19.8 Å². The zero-order valence-electron chi connectivity index (χ0n) is 10.6. The second-order valence-corrected chi connectivity index (χ2v) is 3.88. The third kappa shape index (κ3) is 2.57. The van der Waals surface area contributed by atoms with Crippen LogP contribution in [-0.2, 0) is 0 Å². The van der Waals surface area contributed by atoms with Crippen LogP contribution >= 0.6 is 0 Å². The van der Waals surface area contributed by atoms with Gasteiger partial charge in [-0.05, 0) is 36.4 Å². The highest BCUT2D eigenvalue weighted by Gasteiger charge is 2.17. The van der Waals surface area contributed by atoms with Gasteiger partial charge in [0.15, 0.2) is 17.3 Å². The van der Waals surface area contributed by atoms with Gasteiger partial charge in [-0.1, -0.05) is 6.07 Å². The molecule has 4 heteroatoms. The predicted octanol–water partition coefficient (Wildman–Crippen LogP) is 3.07. The molecule has 0 N–H and O–H groups in total. The van der Waals surface area contributed by atoms with Crippen molar-refractivity contribution in [1.29, 1.82) is 0 Å². The number of hydrogen-bond donors (Lipinski definition) is 0. The van der Waals surface area contributed by atoms with E-state index in [2.05, 4.69) is 0 Å². The summed E-state index contributed by atoms with van der Waals surface area (Å²) in [5.41, 5.74) is 0.387. The molecular weight excluding hydrogens is 247 g/mol. The SMILES string of the molecule is COc1ccc(C(=O)c2cccc(OC)c2F)cc1. The molecule has 0 aliphatic carbocycles. The number of hydrogen-bond acceptors (Lipinski definition) is 3. The van der Waals surface area contributed by atoms with Gasteiger partial charge >= 0.3 is 0 Å². The molecule has 0 heterocycles. The average molecular weight is 260 g/mol. The van der Waals surface area contributed by atoms with Crippen molar-refractivity contribution in [2.75, 3.05) is 14.2 Å². The fraction of sp³-hybridized carbons (Fsp3) is 0.133. The Labute approximate surface area is 110 Å². The van der Waals surface area contributed by atoms with Crippen molar-refractivity contribution in [3.63, 3.8) is 0 Å².